The topological polar surface area (TPSA) is 53.1 Å². The van der Waals surface area contributed by atoms with E-state index in [4.69, 9.17) is 11.1 Å². The van der Waals surface area contributed by atoms with Crippen LogP contribution in [0.1, 0.15) is 50.7 Å². The molecule has 1 heterocycles. The van der Waals surface area contributed by atoms with Crippen molar-refractivity contribution in [2.24, 2.45) is 11.1 Å². The minimum atomic E-state index is -0.147. The standard InChI is InChI=1S/C18H29N3/c1-18(2,17(19)20)11-5-6-12-21-13-7-10-15-8-3-4-9-16(15)14-21/h3-4,8-9H,5-7,10-14H2,1-2H3,(H3,19,20). The molecule has 3 heteroatoms. The van der Waals surface area contributed by atoms with E-state index in [0.717, 1.165) is 25.9 Å². The summed E-state index contributed by atoms with van der Waals surface area (Å²) in [6.45, 7) is 7.58. The summed E-state index contributed by atoms with van der Waals surface area (Å²) < 4.78 is 0. The Morgan fingerprint density at radius 2 is 1.95 bits per heavy atom. The quantitative estimate of drug-likeness (QED) is 0.477. The lowest BCUT2D eigenvalue weighted by atomic mass is 9.86. The Labute approximate surface area is 129 Å². The molecule has 2 rings (SSSR count). The van der Waals surface area contributed by atoms with E-state index in [0.29, 0.717) is 5.84 Å². The average molecular weight is 287 g/mol. The van der Waals surface area contributed by atoms with E-state index in [-0.39, 0.29) is 5.41 Å². The summed E-state index contributed by atoms with van der Waals surface area (Å²) in [5.74, 6) is 0.311. The second-order valence-electron chi connectivity index (χ2n) is 6.90. The Morgan fingerprint density at radius 1 is 1.24 bits per heavy atom. The van der Waals surface area contributed by atoms with Crippen LogP contribution in [0.25, 0.3) is 0 Å². The second kappa shape index (κ2) is 7.08. The summed E-state index contributed by atoms with van der Waals surface area (Å²) >= 11 is 0. The third kappa shape index (κ3) is 4.57. The molecule has 3 N–H and O–H groups in total. The highest BCUT2D eigenvalue weighted by molar-refractivity contribution is 5.82. The van der Waals surface area contributed by atoms with Crippen LogP contribution in [-0.2, 0) is 13.0 Å². The van der Waals surface area contributed by atoms with Gasteiger partial charge in [-0.05, 0) is 49.9 Å². The molecule has 0 atom stereocenters. The minimum absolute atomic E-state index is 0.147. The molecule has 0 amide bonds. The monoisotopic (exact) mass is 287 g/mol. The summed E-state index contributed by atoms with van der Waals surface area (Å²) in [6, 6.07) is 8.84. The maximum atomic E-state index is 7.61. The Balaban J connectivity index is 1.78. The molecule has 1 aliphatic rings. The fraction of sp³-hybridized carbons (Fsp3) is 0.611. The van der Waals surface area contributed by atoms with E-state index in [9.17, 15) is 0 Å². The van der Waals surface area contributed by atoms with Crippen molar-refractivity contribution in [3.8, 4) is 0 Å². The van der Waals surface area contributed by atoms with Crippen LogP contribution < -0.4 is 5.73 Å². The molecule has 0 saturated heterocycles. The number of hydrogen-bond donors (Lipinski definition) is 2. The average Bonchev–Trinajstić information content (AvgIpc) is 2.65. The lowest BCUT2D eigenvalue weighted by Gasteiger charge is -2.24. The zero-order valence-corrected chi connectivity index (χ0v) is 13.5. The molecule has 0 radical (unpaired) electrons. The lowest BCUT2D eigenvalue weighted by Crippen LogP contribution is -2.31. The zero-order chi connectivity index (χ0) is 15.3. The predicted octanol–water partition coefficient (Wildman–Crippen LogP) is 3.57. The number of aryl methyl sites for hydroxylation is 1. The summed E-state index contributed by atoms with van der Waals surface area (Å²) in [6.07, 6.45) is 5.82. The maximum Gasteiger partial charge on any atom is 0.0963 e. The van der Waals surface area contributed by atoms with Crippen molar-refractivity contribution in [3.05, 3.63) is 35.4 Å². The van der Waals surface area contributed by atoms with E-state index < -0.39 is 0 Å². The first kappa shape index (κ1) is 16.0. The van der Waals surface area contributed by atoms with E-state index in [1.54, 1.807) is 0 Å². The second-order valence-corrected chi connectivity index (χ2v) is 6.90. The molecule has 3 nitrogen and oxygen atoms in total. The normalized spacial score (nSPS) is 16.3. The van der Waals surface area contributed by atoms with Crippen LogP contribution in [0.2, 0.25) is 0 Å². The summed E-state index contributed by atoms with van der Waals surface area (Å²) in [7, 11) is 0. The van der Waals surface area contributed by atoms with Crippen molar-refractivity contribution >= 4 is 5.84 Å². The molecule has 0 fully saturated rings. The van der Waals surface area contributed by atoms with Crippen LogP contribution in [0.15, 0.2) is 24.3 Å². The first-order valence-electron chi connectivity index (χ1n) is 8.13. The van der Waals surface area contributed by atoms with E-state index in [1.807, 2.05) is 0 Å². The molecule has 0 spiro atoms. The zero-order valence-electron chi connectivity index (χ0n) is 13.5. The van der Waals surface area contributed by atoms with Crippen LogP contribution in [0.4, 0.5) is 0 Å². The van der Waals surface area contributed by atoms with Gasteiger partial charge in [-0.15, -0.1) is 0 Å². The van der Waals surface area contributed by atoms with Crippen molar-refractivity contribution in [3.63, 3.8) is 0 Å². The van der Waals surface area contributed by atoms with Gasteiger partial charge in [-0.1, -0.05) is 44.5 Å². The minimum Gasteiger partial charge on any atom is -0.387 e. The highest BCUT2D eigenvalue weighted by Gasteiger charge is 2.21. The van der Waals surface area contributed by atoms with Crippen LogP contribution >= 0.6 is 0 Å². The fourth-order valence-corrected chi connectivity index (χ4v) is 3.00. The van der Waals surface area contributed by atoms with Gasteiger partial charge in [0.05, 0.1) is 5.84 Å². The van der Waals surface area contributed by atoms with Crippen LogP contribution in [0.5, 0.6) is 0 Å². The van der Waals surface area contributed by atoms with Gasteiger partial charge in [0.25, 0.3) is 0 Å². The van der Waals surface area contributed by atoms with Gasteiger partial charge in [0.2, 0.25) is 0 Å². The van der Waals surface area contributed by atoms with E-state index in [1.165, 1.54) is 36.9 Å². The van der Waals surface area contributed by atoms with Crippen molar-refractivity contribution in [2.75, 3.05) is 13.1 Å². The van der Waals surface area contributed by atoms with E-state index in [2.05, 4.69) is 43.0 Å². The summed E-state index contributed by atoms with van der Waals surface area (Å²) in [5, 5.41) is 7.61. The summed E-state index contributed by atoms with van der Waals surface area (Å²) in [5.41, 5.74) is 8.52. The van der Waals surface area contributed by atoms with Crippen molar-refractivity contribution in [1.29, 1.82) is 5.41 Å². The van der Waals surface area contributed by atoms with Gasteiger partial charge in [-0.2, -0.15) is 0 Å². The maximum absolute atomic E-state index is 7.61. The molecule has 0 aromatic heterocycles. The first-order chi connectivity index (χ1) is 9.99. The van der Waals surface area contributed by atoms with Gasteiger partial charge in [0, 0.05) is 12.0 Å². The number of nitrogens with two attached hydrogens (primary N) is 1. The van der Waals surface area contributed by atoms with Gasteiger partial charge in [0.15, 0.2) is 0 Å². The number of nitrogens with zero attached hydrogens (tertiary/aromatic N) is 1. The van der Waals surface area contributed by atoms with Gasteiger partial charge >= 0.3 is 0 Å². The predicted molar refractivity (Wildman–Crippen MR) is 89.6 cm³/mol. The molecular formula is C18H29N3. The Hall–Kier alpha value is -1.35. The molecule has 0 saturated carbocycles. The van der Waals surface area contributed by atoms with Crippen LogP contribution in [0.3, 0.4) is 0 Å². The highest BCUT2D eigenvalue weighted by Crippen LogP contribution is 2.23. The Bertz CT molecular complexity index is 479. The summed E-state index contributed by atoms with van der Waals surface area (Å²) in [4.78, 5) is 2.58. The molecule has 1 aromatic carbocycles. The number of hydrogen-bond acceptors (Lipinski definition) is 2. The van der Waals surface area contributed by atoms with Gasteiger partial charge < -0.3 is 5.73 Å². The third-order valence-corrected chi connectivity index (χ3v) is 4.69. The number of fused-ring (bicyclic) bond motifs is 1. The molecule has 0 aliphatic carbocycles. The smallest absolute Gasteiger partial charge is 0.0963 e. The first-order valence-corrected chi connectivity index (χ1v) is 8.13. The molecule has 21 heavy (non-hydrogen) atoms. The van der Waals surface area contributed by atoms with Gasteiger partial charge in [-0.25, -0.2) is 0 Å². The molecule has 0 unspecified atom stereocenters. The van der Waals surface area contributed by atoms with Crippen molar-refractivity contribution < 1.29 is 0 Å². The fourth-order valence-electron chi connectivity index (χ4n) is 3.00. The number of unbranched alkanes of at least 4 members (excludes halogenated alkanes) is 1. The number of amidine groups is 1. The van der Waals surface area contributed by atoms with Gasteiger partial charge in [0.1, 0.15) is 0 Å². The third-order valence-electron chi connectivity index (χ3n) is 4.69. The van der Waals surface area contributed by atoms with Crippen molar-refractivity contribution in [1.82, 2.24) is 4.90 Å². The number of rotatable bonds is 6. The molecule has 116 valence electrons. The van der Waals surface area contributed by atoms with Crippen LogP contribution in [-0.4, -0.2) is 23.8 Å². The molecule has 1 aliphatic heterocycles. The van der Waals surface area contributed by atoms with E-state index >= 15 is 0 Å². The Kier molecular flexibility index (Phi) is 5.40. The largest absolute Gasteiger partial charge is 0.387 e. The molecule has 0 bridgehead atoms. The molecular weight excluding hydrogens is 258 g/mol. The van der Waals surface area contributed by atoms with Crippen LogP contribution in [0, 0.1) is 10.8 Å². The lowest BCUT2D eigenvalue weighted by molar-refractivity contribution is 0.259. The highest BCUT2D eigenvalue weighted by atomic mass is 15.1. The van der Waals surface area contributed by atoms with Crippen molar-refractivity contribution in [2.45, 2.75) is 52.5 Å². The number of nitrogens with one attached hydrogen (secondary N) is 1. The van der Waals surface area contributed by atoms with Gasteiger partial charge in [-0.3, -0.25) is 10.3 Å². The SMILES string of the molecule is CC(C)(CCCCN1CCCc2ccccc2C1)C(=N)N. The molecule has 1 aromatic rings. The Morgan fingerprint density at radius 3 is 2.67 bits per heavy atom. The number of benzene rings is 1.